The van der Waals surface area contributed by atoms with Crippen LogP contribution in [0.15, 0.2) is 17.4 Å². The molecule has 2 aliphatic rings. The molecule has 0 aromatic carbocycles. The molecular formula is C29H36Cl2N8O3S. The molecule has 1 amide bonds. The maximum absolute atomic E-state index is 12.5. The number of carbonyl (C=O) groups excluding carboxylic acids is 1. The van der Waals surface area contributed by atoms with Crippen molar-refractivity contribution in [2.75, 3.05) is 49.1 Å². The number of nitrogens with one attached hydrogen (secondary N) is 1. The molecule has 0 unspecified atom stereocenters. The van der Waals surface area contributed by atoms with Crippen molar-refractivity contribution in [3.05, 3.63) is 38.7 Å². The number of piperidine rings is 1. The summed E-state index contributed by atoms with van der Waals surface area (Å²) in [6.07, 6.45) is 8.79. The Labute approximate surface area is 265 Å². The molecule has 11 nitrogen and oxygen atoms in total. The smallest absolute Gasteiger partial charge is 0.348 e. The number of thiazole rings is 1. The van der Waals surface area contributed by atoms with Crippen LogP contribution in [0.3, 0.4) is 0 Å². The Balaban J connectivity index is 1.21. The SMILES string of the molecule is CCC(CC)N1CCN(c2cnc(-c3nc(N4CCC(C=NC(=O)c5[nH]c(C)c(Cl)c5Cl)CC4)sc3C(=O)O)cn2)CC1. The van der Waals surface area contributed by atoms with Gasteiger partial charge in [-0.15, -0.1) is 0 Å². The lowest BCUT2D eigenvalue weighted by Crippen LogP contribution is -2.50. The lowest BCUT2D eigenvalue weighted by molar-refractivity contribution is 0.0702. The number of hydrogen-bond acceptors (Lipinski definition) is 9. The number of halogens is 2. The summed E-state index contributed by atoms with van der Waals surface area (Å²) < 4.78 is 0. The largest absolute Gasteiger partial charge is 0.477 e. The third kappa shape index (κ3) is 6.87. The molecule has 3 aromatic rings. The van der Waals surface area contributed by atoms with Crippen LogP contribution < -0.4 is 9.80 Å². The third-order valence-corrected chi connectivity index (χ3v) is 10.3. The summed E-state index contributed by atoms with van der Waals surface area (Å²) in [7, 11) is 0. The highest BCUT2D eigenvalue weighted by atomic mass is 35.5. The molecule has 0 saturated carbocycles. The molecule has 0 spiro atoms. The summed E-state index contributed by atoms with van der Waals surface area (Å²) in [5.41, 5.74) is 1.58. The Morgan fingerprint density at radius 2 is 1.77 bits per heavy atom. The van der Waals surface area contributed by atoms with E-state index in [2.05, 4.69) is 48.5 Å². The number of aromatic nitrogens is 4. The summed E-state index contributed by atoms with van der Waals surface area (Å²) >= 11 is 13.4. The number of carboxylic acids is 1. The molecule has 0 radical (unpaired) electrons. The number of amides is 1. The second-order valence-electron chi connectivity index (χ2n) is 10.9. The molecular weight excluding hydrogens is 611 g/mol. The number of aromatic carboxylic acids is 1. The number of H-pyrrole nitrogens is 1. The summed E-state index contributed by atoms with van der Waals surface area (Å²) in [6.45, 7) is 11.3. The number of aryl methyl sites for hydroxylation is 1. The molecule has 3 aromatic heterocycles. The summed E-state index contributed by atoms with van der Waals surface area (Å²) in [4.78, 5) is 52.5. The first-order chi connectivity index (χ1) is 20.7. The Kier molecular flexibility index (Phi) is 10.0. The van der Waals surface area contributed by atoms with E-state index in [1.807, 2.05) is 0 Å². The Morgan fingerprint density at radius 1 is 1.07 bits per heavy atom. The number of carbonyl (C=O) groups is 2. The standard InChI is InChI=1S/C29H36Cl2N8O3S/c1-4-19(5-2)37-10-12-38(13-11-37)21-16-32-20(15-33-21)24-26(28(41)42)43-29(36-24)39-8-6-18(7-9-39)14-34-27(40)25-23(31)22(30)17(3)35-25/h14-16,18-19,35H,4-13H2,1-3H3,(H,41,42). The number of anilines is 2. The number of aromatic amines is 1. The number of aliphatic imine (C=N–C) groups is 1. The molecule has 2 aliphatic heterocycles. The van der Waals surface area contributed by atoms with E-state index in [0.29, 0.717) is 46.4 Å². The van der Waals surface area contributed by atoms with Crippen molar-refractivity contribution in [2.45, 2.75) is 52.5 Å². The van der Waals surface area contributed by atoms with Crippen LogP contribution in [0.1, 0.15) is 65.4 Å². The normalized spacial score (nSPS) is 17.0. The van der Waals surface area contributed by atoms with Crippen LogP contribution in [0.25, 0.3) is 11.4 Å². The molecule has 0 aliphatic carbocycles. The van der Waals surface area contributed by atoms with E-state index in [1.54, 1.807) is 25.5 Å². The van der Waals surface area contributed by atoms with Gasteiger partial charge in [0.1, 0.15) is 27.8 Å². The van der Waals surface area contributed by atoms with Crippen LogP contribution in [0.4, 0.5) is 10.9 Å². The minimum atomic E-state index is -1.04. The maximum Gasteiger partial charge on any atom is 0.348 e. The summed E-state index contributed by atoms with van der Waals surface area (Å²) in [5.74, 6) is -0.617. The molecule has 0 bridgehead atoms. The summed E-state index contributed by atoms with van der Waals surface area (Å²) in [6, 6.07) is 0.617. The van der Waals surface area contributed by atoms with Gasteiger partial charge in [-0.25, -0.2) is 24.7 Å². The van der Waals surface area contributed by atoms with Crippen LogP contribution in [-0.4, -0.2) is 93.3 Å². The van der Waals surface area contributed by atoms with Crippen LogP contribution in [0.2, 0.25) is 10.0 Å². The first-order valence-corrected chi connectivity index (χ1v) is 16.2. The number of nitrogens with zero attached hydrogens (tertiary/aromatic N) is 7. The molecule has 2 fully saturated rings. The van der Waals surface area contributed by atoms with Crippen LogP contribution >= 0.6 is 34.5 Å². The van der Waals surface area contributed by atoms with Crippen molar-refractivity contribution in [3.8, 4) is 11.4 Å². The van der Waals surface area contributed by atoms with E-state index < -0.39 is 11.9 Å². The Bertz CT molecular complexity index is 1470. The highest BCUT2D eigenvalue weighted by molar-refractivity contribution is 7.17. The fourth-order valence-corrected chi connectivity index (χ4v) is 7.06. The quantitative estimate of drug-likeness (QED) is 0.282. The lowest BCUT2D eigenvalue weighted by atomic mass is 9.98. The van der Waals surface area contributed by atoms with Gasteiger partial charge in [0.25, 0.3) is 5.91 Å². The number of carboxylic acid groups (broad SMARTS) is 1. The highest BCUT2D eigenvalue weighted by Gasteiger charge is 2.27. The Morgan fingerprint density at radius 3 is 2.33 bits per heavy atom. The predicted molar refractivity (Wildman–Crippen MR) is 172 cm³/mol. The minimum Gasteiger partial charge on any atom is -0.477 e. The number of hydrogen-bond donors (Lipinski definition) is 2. The molecule has 14 heteroatoms. The molecule has 2 saturated heterocycles. The van der Waals surface area contributed by atoms with Gasteiger partial charge in [0, 0.05) is 57.2 Å². The van der Waals surface area contributed by atoms with Gasteiger partial charge in [-0.05, 0) is 38.5 Å². The first kappa shape index (κ1) is 31.4. The van der Waals surface area contributed by atoms with Crippen molar-refractivity contribution in [3.63, 3.8) is 0 Å². The van der Waals surface area contributed by atoms with Gasteiger partial charge < -0.3 is 19.9 Å². The highest BCUT2D eigenvalue weighted by Crippen LogP contribution is 2.35. The zero-order chi connectivity index (χ0) is 30.7. The molecule has 230 valence electrons. The van der Waals surface area contributed by atoms with Gasteiger partial charge in [-0.1, -0.05) is 48.4 Å². The second kappa shape index (κ2) is 13.7. The molecule has 0 atom stereocenters. The van der Waals surface area contributed by atoms with Gasteiger partial charge in [-0.3, -0.25) is 9.69 Å². The van der Waals surface area contributed by atoms with Crippen molar-refractivity contribution < 1.29 is 14.7 Å². The minimum absolute atomic E-state index is 0.0963. The topological polar surface area (TPSA) is 131 Å². The fraction of sp³-hybridized carbons (Fsp3) is 0.517. The van der Waals surface area contributed by atoms with Crippen molar-refractivity contribution >= 4 is 63.6 Å². The third-order valence-electron chi connectivity index (χ3n) is 8.27. The lowest BCUT2D eigenvalue weighted by Gasteiger charge is -2.39. The van der Waals surface area contributed by atoms with Gasteiger partial charge in [0.2, 0.25) is 0 Å². The zero-order valence-electron chi connectivity index (χ0n) is 24.5. The van der Waals surface area contributed by atoms with Crippen LogP contribution in [0, 0.1) is 12.8 Å². The van der Waals surface area contributed by atoms with E-state index in [4.69, 9.17) is 28.2 Å². The van der Waals surface area contributed by atoms with Crippen molar-refractivity contribution in [2.24, 2.45) is 10.9 Å². The molecule has 43 heavy (non-hydrogen) atoms. The number of piperazine rings is 1. The van der Waals surface area contributed by atoms with Gasteiger partial charge >= 0.3 is 5.97 Å². The average Bonchev–Trinajstić information content (AvgIpc) is 3.59. The number of rotatable bonds is 9. The summed E-state index contributed by atoms with van der Waals surface area (Å²) in [5, 5.41) is 11.1. The van der Waals surface area contributed by atoms with E-state index >= 15 is 0 Å². The van der Waals surface area contributed by atoms with E-state index in [1.165, 1.54) is 0 Å². The van der Waals surface area contributed by atoms with Crippen LogP contribution in [0.5, 0.6) is 0 Å². The van der Waals surface area contributed by atoms with Crippen molar-refractivity contribution in [1.82, 2.24) is 24.8 Å². The average molecular weight is 648 g/mol. The molecule has 5 rings (SSSR count). The van der Waals surface area contributed by atoms with E-state index in [9.17, 15) is 14.7 Å². The fourth-order valence-electron chi connectivity index (χ4n) is 5.69. The van der Waals surface area contributed by atoms with E-state index in [-0.39, 0.29) is 21.5 Å². The molecule has 2 N–H and O–H groups in total. The molecule has 5 heterocycles. The van der Waals surface area contributed by atoms with Gasteiger partial charge in [-0.2, -0.15) is 0 Å². The zero-order valence-corrected chi connectivity index (χ0v) is 26.8. The van der Waals surface area contributed by atoms with Gasteiger partial charge in [0.05, 0.1) is 22.4 Å². The maximum atomic E-state index is 12.5. The van der Waals surface area contributed by atoms with Crippen LogP contribution in [-0.2, 0) is 0 Å². The second-order valence-corrected chi connectivity index (χ2v) is 12.6. The van der Waals surface area contributed by atoms with E-state index in [0.717, 1.165) is 69.0 Å². The Hall–Kier alpha value is -3.06. The first-order valence-electron chi connectivity index (χ1n) is 14.6. The van der Waals surface area contributed by atoms with Gasteiger partial charge in [0.15, 0.2) is 5.13 Å². The predicted octanol–water partition coefficient (Wildman–Crippen LogP) is 5.68. The monoisotopic (exact) mass is 646 g/mol. The van der Waals surface area contributed by atoms with Crippen molar-refractivity contribution in [1.29, 1.82) is 0 Å².